The van der Waals surface area contributed by atoms with Gasteiger partial charge in [-0.1, -0.05) is 99.9 Å². The average Bonchev–Trinajstić information content (AvgIpc) is 3.31. The number of halogens is 8. The van der Waals surface area contributed by atoms with E-state index in [4.69, 9.17) is 88.6 Å². The summed E-state index contributed by atoms with van der Waals surface area (Å²) >= 11 is 37.4. The van der Waals surface area contributed by atoms with Crippen LogP contribution in [0, 0.1) is 11.6 Å². The van der Waals surface area contributed by atoms with Crippen LogP contribution in [0.5, 0.6) is 11.5 Å². The summed E-state index contributed by atoms with van der Waals surface area (Å²) in [5.41, 5.74) is 2.14. The highest BCUT2D eigenvalue weighted by Crippen LogP contribution is 2.35. The molecular weight excluding hydrogens is 1050 g/mol. The minimum atomic E-state index is -1.07. The van der Waals surface area contributed by atoms with Crippen LogP contribution >= 0.6 is 69.6 Å². The summed E-state index contributed by atoms with van der Waals surface area (Å²) < 4.78 is 49.3. The number of methoxy groups -OCH3 is 2. The maximum Gasteiger partial charge on any atom is 0.314 e. The van der Waals surface area contributed by atoms with E-state index >= 15 is 0 Å². The molecule has 0 saturated heterocycles. The summed E-state index contributed by atoms with van der Waals surface area (Å²) in [6.07, 6.45) is -2.65. The first-order valence-corrected chi connectivity index (χ1v) is 23.9. The van der Waals surface area contributed by atoms with Crippen LogP contribution < -0.4 is 9.47 Å². The predicted octanol–water partition coefficient (Wildman–Crippen LogP) is 12.4. The highest BCUT2D eigenvalue weighted by atomic mass is 35.5. The van der Waals surface area contributed by atoms with Gasteiger partial charge in [0.15, 0.2) is 23.1 Å². The number of rotatable bonds is 21. The zero-order chi connectivity index (χ0) is 52.1. The van der Waals surface area contributed by atoms with Crippen molar-refractivity contribution in [3.05, 3.63) is 161 Å². The molecule has 2 amide bonds. The van der Waals surface area contributed by atoms with E-state index < -0.39 is 90.8 Å². The van der Waals surface area contributed by atoms with Gasteiger partial charge in [-0.15, -0.1) is 0 Å². The third-order valence-corrected chi connectivity index (χ3v) is 13.5. The van der Waals surface area contributed by atoms with Gasteiger partial charge < -0.3 is 28.7 Å². The second kappa shape index (κ2) is 26.3. The number of ether oxygens (including phenoxy) is 4. The maximum absolute atomic E-state index is 14.4. The molecule has 0 aliphatic rings. The molecule has 0 bridgehead atoms. The molecule has 5 rings (SSSR count). The molecule has 2 atom stereocenters. The average molecular weight is 1100 g/mol. The lowest BCUT2D eigenvalue weighted by molar-refractivity contribution is -0.160. The van der Waals surface area contributed by atoms with E-state index in [1.165, 1.54) is 105 Å². The van der Waals surface area contributed by atoms with Gasteiger partial charge in [0.2, 0.25) is 11.8 Å². The molecule has 0 fully saturated rings. The number of carbonyl (C=O) groups excluding carboxylic acids is 6. The fourth-order valence-corrected chi connectivity index (χ4v) is 8.44. The SMILES string of the molecule is COc1ccc(CN(C)C(=O)CC(CC(=O)OC(=O)CC(CC(=O)OC(=O)CC(CC(=O)N(C)Cc2ccc(OC)c(F)c2)c2ccc(Cl)c(Cl)c2)c2ccc(Cl)c(Cl)c2)c2ccc(Cl)c(Cl)c2)cc1F. The molecule has 5 aromatic rings. The molecule has 0 aromatic heterocycles. The molecular formula is C51H46Cl6F2N2O10. The van der Waals surface area contributed by atoms with E-state index in [0.29, 0.717) is 27.8 Å². The number of esters is 4. The lowest BCUT2D eigenvalue weighted by Gasteiger charge is -2.23. The monoisotopic (exact) mass is 1090 g/mol. The van der Waals surface area contributed by atoms with Crippen molar-refractivity contribution in [3.63, 3.8) is 0 Å². The van der Waals surface area contributed by atoms with Crippen LogP contribution in [-0.2, 0) is 51.3 Å². The second-order valence-corrected chi connectivity index (χ2v) is 18.9. The predicted molar refractivity (Wildman–Crippen MR) is 266 cm³/mol. The van der Waals surface area contributed by atoms with E-state index in [2.05, 4.69) is 0 Å². The van der Waals surface area contributed by atoms with Gasteiger partial charge in [0.05, 0.1) is 70.0 Å². The first-order valence-electron chi connectivity index (χ1n) is 21.6. The fraction of sp³-hybridized carbons (Fsp3) is 0.294. The normalized spacial score (nSPS) is 12.3. The minimum absolute atomic E-state index is 0.0200. The number of carbonyl (C=O) groups is 6. The molecule has 5 aromatic carbocycles. The summed E-state index contributed by atoms with van der Waals surface area (Å²) in [7, 11) is 5.67. The number of nitrogens with zero attached hydrogens (tertiary/aromatic N) is 2. The van der Waals surface area contributed by atoms with Gasteiger partial charge in [0, 0.05) is 57.8 Å². The van der Waals surface area contributed by atoms with Crippen molar-refractivity contribution in [2.75, 3.05) is 28.3 Å². The smallest absolute Gasteiger partial charge is 0.314 e. The van der Waals surface area contributed by atoms with Crippen molar-refractivity contribution in [1.82, 2.24) is 9.80 Å². The fourth-order valence-electron chi connectivity index (χ4n) is 7.52. The van der Waals surface area contributed by atoms with E-state index in [1.807, 2.05) is 0 Å². The Morgan fingerprint density at radius 3 is 1.00 bits per heavy atom. The Balaban J connectivity index is 1.27. The van der Waals surface area contributed by atoms with E-state index in [0.717, 1.165) is 0 Å². The van der Waals surface area contributed by atoms with E-state index in [1.54, 1.807) is 24.3 Å². The van der Waals surface area contributed by atoms with Gasteiger partial charge in [-0.2, -0.15) is 0 Å². The Morgan fingerprint density at radius 2 is 0.732 bits per heavy atom. The van der Waals surface area contributed by atoms with Crippen LogP contribution in [0.15, 0.2) is 91.0 Å². The van der Waals surface area contributed by atoms with E-state index in [-0.39, 0.29) is 67.6 Å². The van der Waals surface area contributed by atoms with Crippen molar-refractivity contribution in [2.24, 2.45) is 0 Å². The summed E-state index contributed by atoms with van der Waals surface area (Å²) in [4.78, 5) is 83.9. The topological polar surface area (TPSA) is 146 Å². The van der Waals surface area contributed by atoms with Crippen LogP contribution in [0.1, 0.15) is 84.1 Å². The first kappa shape index (κ1) is 56.4. The third kappa shape index (κ3) is 16.5. The lowest BCUT2D eigenvalue weighted by atomic mass is 9.91. The summed E-state index contributed by atoms with van der Waals surface area (Å²) in [5, 5.41) is 0.976. The standard InChI is InChI=1S/C51H46Cl6F2N2O10/c1-60(26-28-5-13-44(68-3)42(58)15-28)46(62)20-33(30-7-10-36(52)39(55)17-30)22-48(64)70-50(66)24-35(32-9-12-38(54)41(57)19-32)25-51(67)71-49(65)23-34(31-8-11-37(53)40(56)18-31)21-47(63)61(2)27-29-6-14-45(69-4)43(59)16-29/h5-19,33-35H,20-27H2,1-4H3. The Labute approximate surface area is 438 Å². The number of hydrogen-bond acceptors (Lipinski definition) is 10. The van der Waals surface area contributed by atoms with Gasteiger partial charge in [-0.3, -0.25) is 28.8 Å². The third-order valence-electron chi connectivity index (χ3n) is 11.3. The molecule has 0 spiro atoms. The molecule has 2 unspecified atom stereocenters. The Bertz CT molecular complexity index is 2640. The molecule has 71 heavy (non-hydrogen) atoms. The highest BCUT2D eigenvalue weighted by molar-refractivity contribution is 6.43. The summed E-state index contributed by atoms with van der Waals surface area (Å²) in [6.45, 7) is 0.0400. The maximum atomic E-state index is 14.4. The van der Waals surface area contributed by atoms with Crippen molar-refractivity contribution in [1.29, 1.82) is 0 Å². The molecule has 12 nitrogen and oxygen atoms in total. The van der Waals surface area contributed by atoms with Gasteiger partial charge >= 0.3 is 23.9 Å². The molecule has 0 N–H and O–H groups in total. The molecule has 0 aliphatic heterocycles. The Morgan fingerprint density at radius 1 is 0.437 bits per heavy atom. The van der Waals surface area contributed by atoms with Crippen LogP contribution in [-0.4, -0.2) is 73.8 Å². The minimum Gasteiger partial charge on any atom is -0.494 e. The summed E-state index contributed by atoms with van der Waals surface area (Å²) in [5.74, 6) is -9.01. The molecule has 0 heterocycles. The largest absolute Gasteiger partial charge is 0.494 e. The van der Waals surface area contributed by atoms with Crippen molar-refractivity contribution < 1.29 is 56.5 Å². The second-order valence-electron chi connectivity index (χ2n) is 16.5. The zero-order valence-corrected chi connectivity index (χ0v) is 43.1. The number of benzene rings is 5. The molecule has 376 valence electrons. The quantitative estimate of drug-likeness (QED) is 0.0514. The zero-order valence-electron chi connectivity index (χ0n) is 38.5. The van der Waals surface area contributed by atoms with E-state index in [9.17, 15) is 37.5 Å². The van der Waals surface area contributed by atoms with Gasteiger partial charge in [0.25, 0.3) is 0 Å². The van der Waals surface area contributed by atoms with Crippen LogP contribution in [0.4, 0.5) is 8.78 Å². The molecule has 20 heteroatoms. The van der Waals surface area contributed by atoms with Crippen LogP contribution in [0.25, 0.3) is 0 Å². The molecule has 0 saturated carbocycles. The van der Waals surface area contributed by atoms with Crippen LogP contribution in [0.2, 0.25) is 30.1 Å². The first-order chi connectivity index (χ1) is 33.6. The van der Waals surface area contributed by atoms with Gasteiger partial charge in [0.1, 0.15) is 0 Å². The highest BCUT2D eigenvalue weighted by Gasteiger charge is 2.30. The Hall–Kier alpha value is -5.48. The lowest BCUT2D eigenvalue weighted by Crippen LogP contribution is -2.29. The summed E-state index contributed by atoms with van der Waals surface area (Å²) in [6, 6.07) is 22.0. The van der Waals surface area contributed by atoms with Gasteiger partial charge in [-0.25, -0.2) is 8.78 Å². The number of amides is 2. The Kier molecular flexibility index (Phi) is 20.9. The molecule has 0 aliphatic carbocycles. The van der Waals surface area contributed by atoms with Crippen LogP contribution in [0.3, 0.4) is 0 Å². The number of hydrogen-bond donors (Lipinski definition) is 0. The van der Waals surface area contributed by atoms with Crippen molar-refractivity contribution >= 4 is 105 Å². The van der Waals surface area contributed by atoms with Crippen molar-refractivity contribution in [2.45, 2.75) is 69.4 Å². The molecule has 0 radical (unpaired) electrons. The van der Waals surface area contributed by atoms with Gasteiger partial charge in [-0.05, 0) is 88.5 Å². The van der Waals surface area contributed by atoms with Crippen molar-refractivity contribution in [3.8, 4) is 11.5 Å².